The summed E-state index contributed by atoms with van der Waals surface area (Å²) in [6.45, 7) is 7.31. The number of ether oxygens (including phenoxy) is 1. The Bertz CT molecular complexity index is 842. The Morgan fingerprint density at radius 2 is 1.87 bits per heavy atom. The minimum absolute atomic E-state index is 0.200. The zero-order valence-electron chi connectivity index (χ0n) is 18.1. The van der Waals surface area contributed by atoms with Crippen LogP contribution < -0.4 is 10.6 Å². The minimum Gasteiger partial charge on any atom is -0.444 e. The number of amides is 3. The van der Waals surface area contributed by atoms with Gasteiger partial charge >= 0.3 is 6.09 Å². The molecule has 0 radical (unpaired) electrons. The van der Waals surface area contributed by atoms with Crippen molar-refractivity contribution in [3.05, 3.63) is 35.1 Å². The van der Waals surface area contributed by atoms with Gasteiger partial charge in [-0.2, -0.15) is 0 Å². The van der Waals surface area contributed by atoms with E-state index in [1.807, 2.05) is 0 Å². The molecule has 2 rings (SSSR count). The van der Waals surface area contributed by atoms with Gasteiger partial charge in [-0.1, -0.05) is 0 Å². The second kappa shape index (κ2) is 10.0. The summed E-state index contributed by atoms with van der Waals surface area (Å²) in [5, 5.41) is 5.20. The molecule has 1 fully saturated rings. The van der Waals surface area contributed by atoms with E-state index < -0.39 is 47.1 Å². The molecule has 31 heavy (non-hydrogen) atoms. The summed E-state index contributed by atoms with van der Waals surface area (Å²) in [6, 6.07) is -0.573. The van der Waals surface area contributed by atoms with Crippen molar-refractivity contribution in [1.29, 1.82) is 0 Å². The molecule has 1 aromatic carbocycles. The van der Waals surface area contributed by atoms with Gasteiger partial charge in [0.2, 0.25) is 11.8 Å². The summed E-state index contributed by atoms with van der Waals surface area (Å²) in [4.78, 5) is 38.6. The van der Waals surface area contributed by atoms with Gasteiger partial charge in [-0.25, -0.2) is 18.0 Å². The van der Waals surface area contributed by atoms with Crippen LogP contribution in [0.4, 0.5) is 18.0 Å². The number of rotatable bonds is 5. The number of nitrogens with zero attached hydrogens (tertiary/aromatic N) is 1. The van der Waals surface area contributed by atoms with Gasteiger partial charge in [-0.15, -0.1) is 0 Å². The predicted octanol–water partition coefficient (Wildman–Crippen LogP) is 2.67. The molecule has 1 heterocycles. The van der Waals surface area contributed by atoms with E-state index in [0.29, 0.717) is 31.6 Å². The van der Waals surface area contributed by atoms with Crippen LogP contribution >= 0.6 is 0 Å². The highest BCUT2D eigenvalue weighted by Gasteiger charge is 2.30. The molecule has 3 amide bonds. The molecule has 7 nitrogen and oxygen atoms in total. The minimum atomic E-state index is -1.33. The Labute approximate surface area is 179 Å². The van der Waals surface area contributed by atoms with Crippen LogP contribution in [0.1, 0.15) is 46.1 Å². The lowest BCUT2D eigenvalue weighted by molar-refractivity contribution is -0.139. The Kier molecular flexibility index (Phi) is 7.91. The fraction of sp³-hybridized carbons (Fsp3) is 0.571. The summed E-state index contributed by atoms with van der Waals surface area (Å²) >= 11 is 0. The smallest absolute Gasteiger partial charge is 0.407 e. The van der Waals surface area contributed by atoms with Crippen LogP contribution in [0.15, 0.2) is 12.1 Å². The largest absolute Gasteiger partial charge is 0.444 e. The van der Waals surface area contributed by atoms with E-state index in [-0.39, 0.29) is 24.3 Å². The highest BCUT2D eigenvalue weighted by molar-refractivity contribution is 5.88. The molecule has 0 saturated carbocycles. The highest BCUT2D eigenvalue weighted by Crippen LogP contribution is 2.18. The molecule has 1 saturated heterocycles. The van der Waals surface area contributed by atoms with Crippen LogP contribution in [0.5, 0.6) is 0 Å². The SMILES string of the molecule is C[C@@H]1C(=O)NCCCN1C(=O)C[C@@H](Cc1cc(F)c(F)cc1F)NC(=O)OC(C)(C)C. The van der Waals surface area contributed by atoms with Crippen LogP contribution in [-0.2, 0) is 20.7 Å². The topological polar surface area (TPSA) is 87.7 Å². The zero-order valence-corrected chi connectivity index (χ0v) is 18.1. The first-order valence-electron chi connectivity index (χ1n) is 10.1. The number of hydrogen-bond acceptors (Lipinski definition) is 4. The van der Waals surface area contributed by atoms with Gasteiger partial charge < -0.3 is 20.3 Å². The van der Waals surface area contributed by atoms with Crippen LogP contribution in [0.25, 0.3) is 0 Å². The molecule has 1 aliphatic heterocycles. The maximum atomic E-state index is 14.2. The molecule has 2 N–H and O–H groups in total. The van der Waals surface area contributed by atoms with Crippen molar-refractivity contribution < 1.29 is 32.3 Å². The first-order chi connectivity index (χ1) is 14.4. The van der Waals surface area contributed by atoms with Crippen LogP contribution in [-0.4, -0.2) is 53.6 Å². The third-order valence-electron chi connectivity index (χ3n) is 4.74. The summed E-state index contributed by atoms with van der Waals surface area (Å²) in [5.74, 6) is -4.30. The summed E-state index contributed by atoms with van der Waals surface area (Å²) < 4.78 is 46.2. The number of halogens is 3. The fourth-order valence-electron chi connectivity index (χ4n) is 3.25. The van der Waals surface area contributed by atoms with Crippen molar-refractivity contribution in [3.8, 4) is 0 Å². The number of carbonyl (C=O) groups excluding carboxylic acids is 3. The number of nitrogens with one attached hydrogen (secondary N) is 2. The van der Waals surface area contributed by atoms with Gasteiger partial charge in [-0.05, 0) is 52.2 Å². The Hall–Kier alpha value is -2.78. The number of benzene rings is 1. The zero-order chi connectivity index (χ0) is 23.3. The second-order valence-electron chi connectivity index (χ2n) is 8.52. The Balaban J connectivity index is 2.22. The number of alkyl carbamates (subject to hydrolysis) is 1. The molecule has 0 spiro atoms. The van der Waals surface area contributed by atoms with Crippen molar-refractivity contribution in [1.82, 2.24) is 15.5 Å². The molecule has 1 aliphatic rings. The van der Waals surface area contributed by atoms with E-state index in [2.05, 4.69) is 10.6 Å². The normalized spacial score (nSPS) is 18.1. The molecule has 0 unspecified atom stereocenters. The predicted molar refractivity (Wildman–Crippen MR) is 107 cm³/mol. The Morgan fingerprint density at radius 1 is 1.23 bits per heavy atom. The third kappa shape index (κ3) is 7.15. The third-order valence-corrected chi connectivity index (χ3v) is 4.74. The van der Waals surface area contributed by atoms with Crippen LogP contribution in [0.2, 0.25) is 0 Å². The van der Waals surface area contributed by atoms with Crippen LogP contribution in [0.3, 0.4) is 0 Å². The maximum absolute atomic E-state index is 14.2. The highest BCUT2D eigenvalue weighted by atomic mass is 19.2. The molecule has 2 atom stereocenters. The number of carbonyl (C=O) groups is 3. The lowest BCUT2D eigenvalue weighted by Gasteiger charge is -2.28. The lowest BCUT2D eigenvalue weighted by atomic mass is 10.0. The number of hydrogen-bond donors (Lipinski definition) is 2. The lowest BCUT2D eigenvalue weighted by Crippen LogP contribution is -2.48. The molecular weight excluding hydrogens is 415 g/mol. The molecule has 172 valence electrons. The van der Waals surface area contributed by atoms with E-state index >= 15 is 0 Å². The molecule has 0 aromatic heterocycles. The summed E-state index contributed by atoms with van der Waals surface area (Å²) in [5.41, 5.74) is -1.02. The second-order valence-corrected chi connectivity index (χ2v) is 8.52. The monoisotopic (exact) mass is 443 g/mol. The van der Waals surface area contributed by atoms with E-state index in [4.69, 9.17) is 4.74 Å². The van der Waals surface area contributed by atoms with Gasteiger partial charge in [0.25, 0.3) is 0 Å². The first-order valence-corrected chi connectivity index (χ1v) is 10.1. The Morgan fingerprint density at radius 3 is 2.52 bits per heavy atom. The average molecular weight is 443 g/mol. The molecule has 10 heteroatoms. The van der Waals surface area contributed by atoms with Gasteiger partial charge in [0.15, 0.2) is 11.6 Å². The summed E-state index contributed by atoms with van der Waals surface area (Å²) in [6.07, 6.45) is -0.837. The first kappa shape index (κ1) is 24.5. The van der Waals surface area contributed by atoms with Gasteiger partial charge in [-0.3, -0.25) is 9.59 Å². The van der Waals surface area contributed by atoms with E-state index in [0.717, 1.165) is 0 Å². The quantitative estimate of drug-likeness (QED) is 0.685. The van der Waals surface area contributed by atoms with E-state index in [1.54, 1.807) is 27.7 Å². The fourth-order valence-corrected chi connectivity index (χ4v) is 3.25. The van der Waals surface area contributed by atoms with Crippen molar-refractivity contribution in [2.75, 3.05) is 13.1 Å². The summed E-state index contributed by atoms with van der Waals surface area (Å²) in [7, 11) is 0. The van der Waals surface area contributed by atoms with Gasteiger partial charge in [0, 0.05) is 31.6 Å². The van der Waals surface area contributed by atoms with E-state index in [1.165, 1.54) is 4.90 Å². The molecule has 0 bridgehead atoms. The van der Waals surface area contributed by atoms with Crippen molar-refractivity contribution >= 4 is 17.9 Å². The van der Waals surface area contributed by atoms with Gasteiger partial charge in [0.1, 0.15) is 17.5 Å². The standard InChI is InChI=1S/C21H28F3N3O4/c1-12-19(29)25-6-5-7-27(12)18(28)10-14(26-20(30)31-21(2,3)4)8-13-9-16(23)17(24)11-15(13)22/h9,11-12,14H,5-8,10H2,1-4H3,(H,25,29)(H,26,30)/t12-,14-/m1/s1. The van der Waals surface area contributed by atoms with Crippen molar-refractivity contribution in [2.24, 2.45) is 0 Å². The van der Waals surface area contributed by atoms with Crippen LogP contribution in [0, 0.1) is 17.5 Å². The molecule has 1 aromatic rings. The maximum Gasteiger partial charge on any atom is 0.407 e. The molecule has 0 aliphatic carbocycles. The average Bonchev–Trinajstić information content (AvgIpc) is 2.79. The van der Waals surface area contributed by atoms with Crippen molar-refractivity contribution in [3.63, 3.8) is 0 Å². The molecular formula is C21H28F3N3O4. The van der Waals surface area contributed by atoms with Gasteiger partial charge in [0.05, 0.1) is 0 Å². The van der Waals surface area contributed by atoms with Crippen molar-refractivity contribution in [2.45, 2.75) is 64.6 Å². The van der Waals surface area contributed by atoms with E-state index in [9.17, 15) is 27.6 Å².